The minimum atomic E-state index is -0.560. The number of benzene rings is 3. The van der Waals surface area contributed by atoms with Crippen LogP contribution in [0, 0.1) is 83.1 Å². The van der Waals surface area contributed by atoms with Crippen molar-refractivity contribution in [2.75, 3.05) is 99.2 Å². The third kappa shape index (κ3) is 23.1. The molecular formula is C102H118Cl3N25O5S4. The minimum Gasteiger partial charge on any atom is -0.460 e. The van der Waals surface area contributed by atoms with Crippen LogP contribution in [0.1, 0.15) is 222 Å². The average Bonchev–Trinajstić information content (AvgIpc) is 1.60. The maximum atomic E-state index is 13.1. The van der Waals surface area contributed by atoms with Gasteiger partial charge in [0.05, 0.1) is 42.1 Å². The highest BCUT2D eigenvalue weighted by Gasteiger charge is 2.39. The molecule has 4 atom stereocenters. The Morgan fingerprint density at radius 2 is 0.741 bits per heavy atom. The standard InChI is InChI=1S/2C27H34ClN7OS.C26H25ClN6OS.C22H25N5O2S/c1-17-18(2)37-27-24(17)25(20-6-8-21(28)9-7-20)30-22(26-32-31-19(3)35(26)27)16-23(36)29-10-5-11-34-14-12-33(4)13-15-34;1-17-18(2)37-27-24(17)25(20-7-9-21(28)10-8-20)30-22(26-32-31-19(3)35(26)27)16-29-23(36)6-5-11-34-14-12-33(4)13-15-34;1-15-16(2)35-26-23(15)24(19-6-8-20(27)9-7-19)30-21(25-32-31-17(3)33(25)26)13-22(34)29-12-10-18-5-4-11-28-14-18;1-12-13(2)30-21-18(12)19(15-7-9-23-10-8-15)24-16(11-17(28)29-22(4,5)6)20-26-25-14(3)27(20)21/h6-9,22H,5,10-16H2,1-4H3,(H,29,36);7-10,22H,5-6,11-16H2,1-4H3,(H,29,36);4-9,11,14,21H,10,12-13H2,1-3H3,(H,29,34);7-10,16H,11H2,1-6H3/t2*22-;21-;16-/m0000/s1. The van der Waals surface area contributed by atoms with Crippen molar-refractivity contribution < 1.29 is 23.9 Å². The number of amides is 3. The van der Waals surface area contributed by atoms with E-state index in [1.165, 1.54) is 41.8 Å². The Morgan fingerprint density at radius 3 is 1.11 bits per heavy atom. The number of esters is 1. The molecule has 2 saturated heterocycles. The summed E-state index contributed by atoms with van der Waals surface area (Å²) in [6, 6.07) is 29.2. The molecule has 37 heteroatoms. The summed E-state index contributed by atoms with van der Waals surface area (Å²) in [4.78, 5) is 94.9. The van der Waals surface area contributed by atoms with E-state index >= 15 is 0 Å². The molecule has 3 N–H and O–H groups in total. The number of hydrogen-bond donors (Lipinski definition) is 3. The summed E-state index contributed by atoms with van der Waals surface area (Å²) in [6.45, 7) is 42.5. The topological polar surface area (TPSA) is 325 Å². The number of aliphatic imine (C=N–C) groups is 4. The number of hydrogen-bond acceptors (Lipinski definition) is 27. The van der Waals surface area contributed by atoms with Gasteiger partial charge in [-0.1, -0.05) is 77.3 Å². The molecule has 726 valence electrons. The van der Waals surface area contributed by atoms with Gasteiger partial charge in [-0.15, -0.1) is 86.1 Å². The molecule has 30 nitrogen and oxygen atoms in total. The van der Waals surface area contributed by atoms with Crippen molar-refractivity contribution in [1.82, 2.24) is 105 Å². The molecule has 2 fully saturated rings. The van der Waals surface area contributed by atoms with Crippen LogP contribution < -0.4 is 16.0 Å². The highest BCUT2D eigenvalue weighted by atomic mass is 35.5. The summed E-state index contributed by atoms with van der Waals surface area (Å²) < 4.78 is 13.9. The van der Waals surface area contributed by atoms with E-state index in [4.69, 9.17) is 59.5 Å². The van der Waals surface area contributed by atoms with Crippen LogP contribution >= 0.6 is 80.1 Å². The largest absolute Gasteiger partial charge is 0.460 e. The third-order valence-corrected chi connectivity index (χ3v) is 31.3. The number of nitrogens with one attached hydrogen (secondary N) is 3. The number of likely N-dealkylation sites (N-methyl/N-ethyl adjacent to an activating group) is 2. The number of fused-ring (bicyclic) bond motifs is 12. The van der Waals surface area contributed by atoms with Crippen molar-refractivity contribution in [3.8, 4) is 20.0 Å². The Balaban J connectivity index is 0.000000134. The molecular weight excluding hydrogens is 1890 g/mol. The van der Waals surface area contributed by atoms with Gasteiger partial charge in [-0.05, 0) is 233 Å². The molecule has 6 aliphatic rings. The Labute approximate surface area is 842 Å². The van der Waals surface area contributed by atoms with Crippen molar-refractivity contribution in [2.45, 2.75) is 179 Å². The van der Waals surface area contributed by atoms with E-state index in [0.717, 1.165) is 200 Å². The highest BCUT2D eigenvalue weighted by Crippen LogP contribution is 2.45. The van der Waals surface area contributed by atoms with Gasteiger partial charge >= 0.3 is 5.97 Å². The Bertz CT molecular complexity index is 6760. The average molecular weight is 2010 g/mol. The van der Waals surface area contributed by atoms with E-state index in [0.29, 0.717) is 65.0 Å². The number of ether oxygens (including phenoxy) is 1. The van der Waals surface area contributed by atoms with E-state index in [1.807, 2.05) is 156 Å². The molecule has 16 heterocycles. The van der Waals surface area contributed by atoms with E-state index in [-0.39, 0.29) is 49.0 Å². The predicted octanol–water partition coefficient (Wildman–Crippen LogP) is 17.1. The zero-order valence-corrected chi connectivity index (χ0v) is 87.2. The molecule has 0 radical (unpaired) electrons. The van der Waals surface area contributed by atoms with Gasteiger partial charge in [-0.3, -0.25) is 67.4 Å². The number of carbonyl (C=O) groups excluding carboxylic acids is 4. The fraction of sp³-hybridized carbons (Fsp3) is 0.412. The quantitative estimate of drug-likeness (QED) is 0.0396. The summed E-state index contributed by atoms with van der Waals surface area (Å²) >= 11 is 25.4. The fourth-order valence-corrected chi connectivity index (χ4v) is 23.0. The Morgan fingerprint density at radius 1 is 0.396 bits per heavy atom. The van der Waals surface area contributed by atoms with Gasteiger partial charge in [-0.2, -0.15) is 0 Å². The van der Waals surface area contributed by atoms with Crippen molar-refractivity contribution in [3.63, 3.8) is 0 Å². The summed E-state index contributed by atoms with van der Waals surface area (Å²) in [5.41, 5.74) is 16.8. The molecule has 139 heavy (non-hydrogen) atoms. The minimum absolute atomic E-state index is 0.0204. The molecule has 19 rings (SSSR count). The van der Waals surface area contributed by atoms with Gasteiger partial charge in [0.1, 0.15) is 73.1 Å². The lowest BCUT2D eigenvalue weighted by molar-refractivity contribution is -0.155. The zero-order valence-electron chi connectivity index (χ0n) is 81.6. The number of thiophene rings is 4. The molecule has 13 aromatic rings. The summed E-state index contributed by atoms with van der Waals surface area (Å²) in [6.07, 6.45) is 10.6. The van der Waals surface area contributed by atoms with Crippen LogP contribution in [0.3, 0.4) is 0 Å². The Hall–Kier alpha value is -11.4. The normalized spacial score (nSPS) is 16.8. The molecule has 3 aromatic carbocycles. The lowest BCUT2D eigenvalue weighted by Crippen LogP contribution is -2.45. The lowest BCUT2D eigenvalue weighted by atomic mass is 9.99. The molecule has 0 bridgehead atoms. The second kappa shape index (κ2) is 44.2. The fourth-order valence-electron chi connectivity index (χ4n) is 17.8. The number of nitrogens with zero attached hydrogens (tertiary/aromatic N) is 22. The maximum Gasteiger partial charge on any atom is 0.308 e. The van der Waals surface area contributed by atoms with Gasteiger partial charge in [0.25, 0.3) is 0 Å². The summed E-state index contributed by atoms with van der Waals surface area (Å²) in [5, 5.41) is 50.8. The van der Waals surface area contributed by atoms with Gasteiger partial charge < -0.3 is 40.3 Å². The van der Waals surface area contributed by atoms with Crippen LogP contribution in [0.5, 0.6) is 0 Å². The van der Waals surface area contributed by atoms with Gasteiger partial charge in [0, 0.05) is 182 Å². The Kier molecular flexibility index (Phi) is 32.0. The van der Waals surface area contributed by atoms with E-state index < -0.39 is 23.7 Å². The van der Waals surface area contributed by atoms with Crippen LogP contribution in [-0.2, 0) is 30.3 Å². The molecule has 6 aliphatic heterocycles. The second-order valence-electron chi connectivity index (χ2n) is 36.9. The predicted molar refractivity (Wildman–Crippen MR) is 554 cm³/mol. The molecule has 0 spiro atoms. The third-order valence-electron chi connectivity index (χ3n) is 25.8. The van der Waals surface area contributed by atoms with Crippen LogP contribution in [0.2, 0.25) is 15.1 Å². The van der Waals surface area contributed by atoms with Crippen LogP contribution in [0.25, 0.3) is 20.0 Å². The first-order valence-electron chi connectivity index (χ1n) is 47.0. The van der Waals surface area contributed by atoms with Crippen molar-refractivity contribution in [3.05, 3.63) is 275 Å². The monoisotopic (exact) mass is 2010 g/mol. The van der Waals surface area contributed by atoms with Crippen molar-refractivity contribution >= 4 is 127 Å². The summed E-state index contributed by atoms with van der Waals surface area (Å²) in [5.74, 6) is 5.58. The SMILES string of the molecule is Cc1sc2c(c1C)C(c1ccc(Cl)cc1)=N[C@@H](CC(=O)NCCCN1CCN(C)CC1)c1nnc(C)n1-2.Cc1sc2c(c1C)C(c1ccc(Cl)cc1)=N[C@@H](CC(=O)NCCc1cccnc1)c1nnc(C)n1-2.Cc1sc2c(c1C)C(c1ccc(Cl)cc1)=N[C@@H](CNC(=O)CCCN1CCN(C)CC1)c1nnc(C)n1-2.Cc1sc2c(c1C)C(c1ccncc1)=N[C@@H](CC(=O)OC(C)(C)C)c1nnc(C)n1-2. The zero-order chi connectivity index (χ0) is 98.4. The van der Waals surface area contributed by atoms with Crippen LogP contribution in [0.4, 0.5) is 0 Å². The van der Waals surface area contributed by atoms with E-state index in [1.54, 1.807) is 63.9 Å². The van der Waals surface area contributed by atoms with Gasteiger partial charge in [0.15, 0.2) is 23.3 Å². The number of pyridine rings is 2. The lowest BCUT2D eigenvalue weighted by Gasteiger charge is -2.32. The number of rotatable bonds is 23. The first kappa shape index (κ1) is 101. The highest BCUT2D eigenvalue weighted by molar-refractivity contribution is 7.16. The van der Waals surface area contributed by atoms with Gasteiger partial charge in [0.2, 0.25) is 17.7 Å². The maximum absolute atomic E-state index is 13.1. The van der Waals surface area contributed by atoms with Crippen molar-refractivity contribution in [2.24, 2.45) is 20.0 Å². The second-order valence-corrected chi connectivity index (χ2v) is 43.0. The number of carbonyl (C=O) groups is 4. The molecule has 0 unspecified atom stereocenters. The molecule has 10 aromatic heterocycles. The number of piperazine rings is 2. The first-order chi connectivity index (χ1) is 66.7. The first-order valence-corrected chi connectivity index (χ1v) is 51.4. The van der Waals surface area contributed by atoms with Crippen LogP contribution in [-0.4, -0.2) is 240 Å². The van der Waals surface area contributed by atoms with Crippen LogP contribution in [0.15, 0.2) is 142 Å². The smallest absolute Gasteiger partial charge is 0.308 e. The van der Waals surface area contributed by atoms with Crippen molar-refractivity contribution in [1.29, 1.82) is 0 Å². The molecule has 0 aliphatic carbocycles. The van der Waals surface area contributed by atoms with E-state index in [9.17, 15) is 19.2 Å². The summed E-state index contributed by atoms with van der Waals surface area (Å²) in [7, 11) is 4.32. The molecule has 3 amide bonds. The van der Waals surface area contributed by atoms with E-state index in [2.05, 4.69) is 169 Å². The number of aromatic nitrogens is 14. The molecule has 0 saturated carbocycles. The number of aryl methyl sites for hydroxylation is 8. The van der Waals surface area contributed by atoms with Gasteiger partial charge in [-0.25, -0.2) is 0 Å². The number of halogens is 3.